The molecule has 1 N–H and O–H groups in total. The zero-order valence-corrected chi connectivity index (χ0v) is 8.91. The number of carboxylic acid groups (broad SMARTS) is 1. The standard InChI is InChI=1S/C9H18O2S/c1-9(2,8(10)11)6-4-5-7-12-3/h4-7H2,1-3H3,(H,10,11). The van der Waals surface area contributed by atoms with Gasteiger partial charge in [0, 0.05) is 0 Å². The van der Waals surface area contributed by atoms with Gasteiger partial charge in [-0.05, 0) is 38.7 Å². The highest BCUT2D eigenvalue weighted by molar-refractivity contribution is 7.98. The molecular weight excluding hydrogens is 172 g/mol. The lowest BCUT2D eigenvalue weighted by atomic mass is 9.88. The Morgan fingerprint density at radius 2 is 2.00 bits per heavy atom. The number of carboxylic acids is 1. The van der Waals surface area contributed by atoms with E-state index in [1.165, 1.54) is 0 Å². The molecular formula is C9H18O2S. The zero-order chi connectivity index (χ0) is 9.61. The average molecular weight is 190 g/mol. The topological polar surface area (TPSA) is 37.3 Å². The van der Waals surface area contributed by atoms with Gasteiger partial charge in [-0.1, -0.05) is 6.42 Å². The van der Waals surface area contributed by atoms with Crippen molar-refractivity contribution in [1.29, 1.82) is 0 Å². The predicted molar refractivity (Wildman–Crippen MR) is 53.6 cm³/mol. The summed E-state index contributed by atoms with van der Waals surface area (Å²) in [6, 6.07) is 0. The molecule has 0 aromatic carbocycles. The highest BCUT2D eigenvalue weighted by Gasteiger charge is 2.25. The monoisotopic (exact) mass is 190 g/mol. The maximum atomic E-state index is 10.7. The van der Waals surface area contributed by atoms with Crippen molar-refractivity contribution in [2.75, 3.05) is 12.0 Å². The van der Waals surface area contributed by atoms with Gasteiger partial charge in [0.1, 0.15) is 0 Å². The normalized spacial score (nSPS) is 11.6. The van der Waals surface area contributed by atoms with E-state index in [1.807, 2.05) is 11.8 Å². The number of hydrogen-bond donors (Lipinski definition) is 1. The Balaban J connectivity index is 3.54. The van der Waals surface area contributed by atoms with Crippen molar-refractivity contribution in [2.24, 2.45) is 5.41 Å². The van der Waals surface area contributed by atoms with Crippen molar-refractivity contribution in [2.45, 2.75) is 33.1 Å². The largest absolute Gasteiger partial charge is 0.481 e. The average Bonchev–Trinajstić information content (AvgIpc) is 1.98. The molecule has 0 rings (SSSR count). The number of hydrogen-bond acceptors (Lipinski definition) is 2. The van der Waals surface area contributed by atoms with Crippen LogP contribution in [0.1, 0.15) is 33.1 Å². The highest BCUT2D eigenvalue weighted by Crippen LogP contribution is 2.23. The smallest absolute Gasteiger partial charge is 0.309 e. The lowest BCUT2D eigenvalue weighted by Gasteiger charge is -2.18. The van der Waals surface area contributed by atoms with E-state index in [-0.39, 0.29) is 0 Å². The van der Waals surface area contributed by atoms with Crippen LogP contribution in [0, 0.1) is 5.41 Å². The molecule has 12 heavy (non-hydrogen) atoms. The Morgan fingerprint density at radius 1 is 1.42 bits per heavy atom. The van der Waals surface area contributed by atoms with Gasteiger partial charge in [0.15, 0.2) is 0 Å². The summed E-state index contributed by atoms with van der Waals surface area (Å²) < 4.78 is 0. The number of aliphatic carboxylic acids is 1. The minimum absolute atomic E-state index is 0.543. The molecule has 0 atom stereocenters. The second-order valence-electron chi connectivity index (χ2n) is 3.64. The van der Waals surface area contributed by atoms with Crippen molar-refractivity contribution in [1.82, 2.24) is 0 Å². The molecule has 0 saturated heterocycles. The number of thioether (sulfide) groups is 1. The first-order valence-corrected chi connectivity index (χ1v) is 5.62. The molecule has 0 aromatic rings. The van der Waals surface area contributed by atoms with Crippen LogP contribution in [0.5, 0.6) is 0 Å². The van der Waals surface area contributed by atoms with Gasteiger partial charge in [0.05, 0.1) is 5.41 Å². The minimum atomic E-state index is -0.688. The van der Waals surface area contributed by atoms with E-state index >= 15 is 0 Å². The molecule has 0 amide bonds. The molecule has 0 spiro atoms. The number of carbonyl (C=O) groups is 1. The van der Waals surface area contributed by atoms with Gasteiger partial charge >= 0.3 is 5.97 Å². The molecule has 0 fully saturated rings. The fraction of sp³-hybridized carbons (Fsp3) is 0.889. The van der Waals surface area contributed by atoms with Crippen LogP contribution in [0.3, 0.4) is 0 Å². The highest BCUT2D eigenvalue weighted by atomic mass is 32.2. The lowest BCUT2D eigenvalue weighted by Crippen LogP contribution is -2.23. The Morgan fingerprint density at radius 3 is 2.42 bits per heavy atom. The summed E-state index contributed by atoms with van der Waals surface area (Å²) in [5.74, 6) is 0.446. The third kappa shape index (κ3) is 4.65. The zero-order valence-electron chi connectivity index (χ0n) is 8.09. The molecule has 0 aliphatic carbocycles. The lowest BCUT2D eigenvalue weighted by molar-refractivity contribution is -0.147. The van der Waals surface area contributed by atoms with Gasteiger partial charge in [-0.25, -0.2) is 0 Å². The molecule has 0 aliphatic rings. The van der Waals surface area contributed by atoms with Crippen LogP contribution in [0.25, 0.3) is 0 Å². The summed E-state index contributed by atoms with van der Waals surface area (Å²) in [6.07, 6.45) is 4.99. The third-order valence-corrected chi connectivity index (χ3v) is 2.68. The van der Waals surface area contributed by atoms with E-state index in [0.717, 1.165) is 25.0 Å². The number of rotatable bonds is 6. The first-order chi connectivity index (χ1) is 5.50. The van der Waals surface area contributed by atoms with E-state index < -0.39 is 11.4 Å². The molecule has 0 bridgehead atoms. The first-order valence-electron chi connectivity index (χ1n) is 4.23. The van der Waals surface area contributed by atoms with Gasteiger partial charge in [0.25, 0.3) is 0 Å². The van der Waals surface area contributed by atoms with Gasteiger partial charge in [-0.3, -0.25) is 4.79 Å². The summed E-state index contributed by atoms with van der Waals surface area (Å²) in [4.78, 5) is 10.7. The van der Waals surface area contributed by atoms with E-state index in [0.29, 0.717) is 0 Å². The Hall–Kier alpha value is -0.180. The molecule has 0 unspecified atom stereocenters. The molecule has 0 heterocycles. The second-order valence-corrected chi connectivity index (χ2v) is 4.62. The van der Waals surface area contributed by atoms with E-state index in [9.17, 15) is 4.79 Å². The van der Waals surface area contributed by atoms with Crippen molar-refractivity contribution in [3.05, 3.63) is 0 Å². The fourth-order valence-electron chi connectivity index (χ4n) is 0.920. The first kappa shape index (κ1) is 11.8. The van der Waals surface area contributed by atoms with Crippen LogP contribution in [0.15, 0.2) is 0 Å². The predicted octanol–water partition coefficient (Wildman–Crippen LogP) is 2.63. The molecule has 2 nitrogen and oxygen atoms in total. The van der Waals surface area contributed by atoms with Crippen molar-refractivity contribution in [3.63, 3.8) is 0 Å². The second kappa shape index (κ2) is 5.46. The minimum Gasteiger partial charge on any atom is -0.481 e. The Labute approximate surface area is 78.7 Å². The summed E-state index contributed by atoms with van der Waals surface area (Å²) >= 11 is 1.81. The van der Waals surface area contributed by atoms with Crippen LogP contribution in [-0.2, 0) is 4.79 Å². The molecule has 0 aliphatic heterocycles. The molecule has 72 valence electrons. The van der Waals surface area contributed by atoms with E-state index in [4.69, 9.17) is 5.11 Å². The van der Waals surface area contributed by atoms with Crippen molar-refractivity contribution in [3.8, 4) is 0 Å². The third-order valence-electron chi connectivity index (χ3n) is 1.98. The van der Waals surface area contributed by atoms with Gasteiger partial charge in [-0.15, -0.1) is 0 Å². The summed E-state index contributed by atoms with van der Waals surface area (Å²) in [7, 11) is 0. The van der Waals surface area contributed by atoms with Gasteiger partial charge in [-0.2, -0.15) is 11.8 Å². The summed E-state index contributed by atoms with van der Waals surface area (Å²) in [5, 5.41) is 8.79. The van der Waals surface area contributed by atoms with Crippen molar-refractivity contribution < 1.29 is 9.90 Å². The van der Waals surface area contributed by atoms with Gasteiger partial charge < -0.3 is 5.11 Å². The van der Waals surface area contributed by atoms with Crippen LogP contribution in [0.2, 0.25) is 0 Å². The maximum Gasteiger partial charge on any atom is 0.309 e. The quantitative estimate of drug-likeness (QED) is 0.654. The van der Waals surface area contributed by atoms with Crippen molar-refractivity contribution >= 4 is 17.7 Å². The SMILES string of the molecule is CSCCCCC(C)(C)C(=O)O. The van der Waals surface area contributed by atoms with Gasteiger partial charge in [0.2, 0.25) is 0 Å². The fourth-order valence-corrected chi connectivity index (χ4v) is 1.41. The summed E-state index contributed by atoms with van der Waals surface area (Å²) in [6.45, 7) is 3.57. The molecule has 0 radical (unpaired) electrons. The molecule has 0 aromatic heterocycles. The van der Waals surface area contributed by atoms with Crippen LogP contribution in [-0.4, -0.2) is 23.1 Å². The molecule has 3 heteroatoms. The van der Waals surface area contributed by atoms with E-state index in [2.05, 4.69) is 6.26 Å². The maximum absolute atomic E-state index is 10.7. The Kier molecular flexibility index (Phi) is 5.38. The van der Waals surface area contributed by atoms with Crippen LogP contribution >= 0.6 is 11.8 Å². The number of unbranched alkanes of at least 4 members (excludes halogenated alkanes) is 1. The van der Waals surface area contributed by atoms with Crippen LogP contribution < -0.4 is 0 Å². The van der Waals surface area contributed by atoms with Crippen LogP contribution in [0.4, 0.5) is 0 Å². The summed E-state index contributed by atoms with van der Waals surface area (Å²) in [5.41, 5.74) is -0.543. The molecule has 0 saturated carbocycles. The van der Waals surface area contributed by atoms with E-state index in [1.54, 1.807) is 13.8 Å². The Bertz CT molecular complexity index is 143.